The number of benzene rings is 3. The number of aryl methyl sites for hydroxylation is 1. The van der Waals surface area contributed by atoms with Crippen molar-refractivity contribution in [2.24, 2.45) is 4.99 Å². The Morgan fingerprint density at radius 2 is 1.74 bits per heavy atom. The van der Waals surface area contributed by atoms with Crippen LogP contribution in [0.25, 0.3) is 6.08 Å². The van der Waals surface area contributed by atoms with Crippen LogP contribution < -0.4 is 9.47 Å². The minimum absolute atomic E-state index is 0.140. The van der Waals surface area contributed by atoms with Crippen LogP contribution in [0.4, 0.5) is 4.39 Å². The van der Waals surface area contributed by atoms with Gasteiger partial charge in [0, 0.05) is 5.56 Å². The van der Waals surface area contributed by atoms with Crippen LogP contribution >= 0.6 is 0 Å². The number of aliphatic imine (C=N–C) groups is 1. The van der Waals surface area contributed by atoms with Gasteiger partial charge in [0.2, 0.25) is 5.90 Å². The number of methoxy groups -OCH3 is 1. The van der Waals surface area contributed by atoms with Crippen LogP contribution in [0.1, 0.15) is 22.3 Å². The SMILES string of the molecule is COc1cc(C=C2N=C(c3ccc(F)cc3)OC2=O)ccc1OCc1ccc(C)cc1. The molecule has 0 aliphatic carbocycles. The number of carbonyl (C=O) groups excluding carboxylic acids is 1. The third-order valence-corrected chi connectivity index (χ3v) is 4.72. The Morgan fingerprint density at radius 3 is 2.45 bits per heavy atom. The van der Waals surface area contributed by atoms with E-state index in [1.807, 2.05) is 31.2 Å². The first-order valence-corrected chi connectivity index (χ1v) is 9.67. The molecule has 1 aliphatic rings. The zero-order chi connectivity index (χ0) is 21.8. The highest BCUT2D eigenvalue weighted by Crippen LogP contribution is 2.30. The van der Waals surface area contributed by atoms with Crippen molar-refractivity contribution >= 4 is 17.9 Å². The molecule has 31 heavy (non-hydrogen) atoms. The molecule has 0 saturated carbocycles. The van der Waals surface area contributed by atoms with Crippen molar-refractivity contribution in [1.29, 1.82) is 0 Å². The third-order valence-electron chi connectivity index (χ3n) is 4.72. The van der Waals surface area contributed by atoms with E-state index in [2.05, 4.69) is 4.99 Å². The monoisotopic (exact) mass is 417 g/mol. The molecule has 0 N–H and O–H groups in total. The lowest BCUT2D eigenvalue weighted by atomic mass is 10.1. The quantitative estimate of drug-likeness (QED) is 0.415. The van der Waals surface area contributed by atoms with Crippen molar-refractivity contribution in [3.63, 3.8) is 0 Å². The molecule has 0 saturated heterocycles. The summed E-state index contributed by atoms with van der Waals surface area (Å²) >= 11 is 0. The van der Waals surface area contributed by atoms with Gasteiger partial charge in [0.15, 0.2) is 17.2 Å². The highest BCUT2D eigenvalue weighted by Gasteiger charge is 2.24. The second kappa shape index (κ2) is 8.83. The smallest absolute Gasteiger partial charge is 0.363 e. The van der Waals surface area contributed by atoms with Gasteiger partial charge in [-0.25, -0.2) is 14.2 Å². The lowest BCUT2D eigenvalue weighted by Gasteiger charge is -2.11. The van der Waals surface area contributed by atoms with E-state index in [1.165, 1.54) is 29.8 Å². The zero-order valence-corrected chi connectivity index (χ0v) is 17.1. The molecule has 3 aromatic rings. The molecule has 0 amide bonds. The van der Waals surface area contributed by atoms with E-state index >= 15 is 0 Å². The standard InChI is InChI=1S/C25H20FNO4/c1-16-3-5-17(6-4-16)15-30-22-12-7-18(14-23(22)29-2)13-21-25(28)31-24(27-21)19-8-10-20(26)11-9-19/h3-14H,15H2,1-2H3. The molecule has 0 unspecified atom stereocenters. The second-order valence-electron chi connectivity index (χ2n) is 7.03. The van der Waals surface area contributed by atoms with Crippen molar-refractivity contribution in [3.05, 3.63) is 100 Å². The van der Waals surface area contributed by atoms with Crippen LogP contribution in [0.5, 0.6) is 11.5 Å². The Kier molecular flexibility index (Phi) is 5.80. The summed E-state index contributed by atoms with van der Waals surface area (Å²) in [6.07, 6.45) is 1.60. The highest BCUT2D eigenvalue weighted by molar-refractivity contribution is 6.12. The third kappa shape index (κ3) is 4.80. The molecule has 0 fully saturated rings. The molecule has 3 aromatic carbocycles. The van der Waals surface area contributed by atoms with Crippen LogP contribution in [0, 0.1) is 12.7 Å². The van der Waals surface area contributed by atoms with Gasteiger partial charge >= 0.3 is 5.97 Å². The first-order valence-electron chi connectivity index (χ1n) is 9.67. The number of carbonyl (C=O) groups is 1. The van der Waals surface area contributed by atoms with E-state index in [0.29, 0.717) is 29.2 Å². The van der Waals surface area contributed by atoms with Crippen LogP contribution in [0.3, 0.4) is 0 Å². The van der Waals surface area contributed by atoms with Crippen LogP contribution in [0.15, 0.2) is 77.4 Å². The molecule has 5 nitrogen and oxygen atoms in total. The summed E-state index contributed by atoms with van der Waals surface area (Å²) in [5.41, 5.74) is 3.62. The number of cyclic esters (lactones) is 1. The summed E-state index contributed by atoms with van der Waals surface area (Å²) in [6, 6.07) is 19.0. The summed E-state index contributed by atoms with van der Waals surface area (Å²) in [4.78, 5) is 16.4. The number of hydrogen-bond donors (Lipinski definition) is 0. The van der Waals surface area contributed by atoms with Crippen LogP contribution in [-0.4, -0.2) is 19.0 Å². The summed E-state index contributed by atoms with van der Waals surface area (Å²) in [7, 11) is 1.56. The van der Waals surface area contributed by atoms with Gasteiger partial charge in [0.05, 0.1) is 7.11 Å². The Hall–Kier alpha value is -3.93. The zero-order valence-electron chi connectivity index (χ0n) is 17.1. The van der Waals surface area contributed by atoms with Gasteiger partial charge in [0.25, 0.3) is 0 Å². The average Bonchev–Trinajstić information content (AvgIpc) is 3.14. The molecule has 4 rings (SSSR count). The van der Waals surface area contributed by atoms with E-state index in [9.17, 15) is 9.18 Å². The molecule has 0 aromatic heterocycles. The van der Waals surface area contributed by atoms with Crippen LogP contribution in [-0.2, 0) is 16.1 Å². The highest BCUT2D eigenvalue weighted by atomic mass is 19.1. The first kappa shape index (κ1) is 20.3. The molecule has 0 spiro atoms. The fourth-order valence-corrected chi connectivity index (χ4v) is 3.02. The molecule has 0 radical (unpaired) electrons. The predicted octanol–water partition coefficient (Wildman–Crippen LogP) is 5.07. The Morgan fingerprint density at radius 1 is 1.00 bits per heavy atom. The van der Waals surface area contributed by atoms with Crippen molar-refractivity contribution in [3.8, 4) is 11.5 Å². The predicted molar refractivity (Wildman–Crippen MR) is 116 cm³/mol. The lowest BCUT2D eigenvalue weighted by molar-refractivity contribution is -0.129. The maximum atomic E-state index is 13.1. The van der Waals surface area contributed by atoms with Gasteiger partial charge in [-0.2, -0.15) is 0 Å². The molecular formula is C25H20FNO4. The fraction of sp³-hybridized carbons (Fsp3) is 0.120. The van der Waals surface area contributed by atoms with Gasteiger partial charge < -0.3 is 14.2 Å². The molecule has 0 atom stereocenters. The number of nitrogens with zero attached hydrogens (tertiary/aromatic N) is 1. The van der Waals surface area contributed by atoms with Gasteiger partial charge in [-0.15, -0.1) is 0 Å². The van der Waals surface area contributed by atoms with E-state index in [1.54, 1.807) is 31.4 Å². The Balaban J connectivity index is 1.52. The number of ether oxygens (including phenoxy) is 3. The number of halogens is 1. The van der Waals surface area contributed by atoms with Crippen molar-refractivity contribution in [2.75, 3.05) is 7.11 Å². The van der Waals surface area contributed by atoms with Crippen molar-refractivity contribution < 1.29 is 23.4 Å². The van der Waals surface area contributed by atoms with Gasteiger partial charge in [-0.05, 0) is 60.5 Å². The molecular weight excluding hydrogens is 397 g/mol. The van der Waals surface area contributed by atoms with E-state index in [0.717, 1.165) is 5.56 Å². The number of hydrogen-bond acceptors (Lipinski definition) is 5. The van der Waals surface area contributed by atoms with Crippen molar-refractivity contribution in [1.82, 2.24) is 0 Å². The molecule has 0 bridgehead atoms. The maximum Gasteiger partial charge on any atom is 0.363 e. The molecule has 1 heterocycles. The Bertz CT molecular complexity index is 1170. The summed E-state index contributed by atoms with van der Waals surface area (Å²) in [6.45, 7) is 2.45. The summed E-state index contributed by atoms with van der Waals surface area (Å²) in [5.74, 6) is 0.325. The molecule has 6 heteroatoms. The molecule has 156 valence electrons. The minimum Gasteiger partial charge on any atom is -0.493 e. The number of esters is 1. The van der Waals surface area contributed by atoms with Gasteiger partial charge in [0.1, 0.15) is 12.4 Å². The largest absolute Gasteiger partial charge is 0.493 e. The van der Waals surface area contributed by atoms with E-state index in [4.69, 9.17) is 14.2 Å². The minimum atomic E-state index is -0.571. The van der Waals surface area contributed by atoms with Crippen molar-refractivity contribution in [2.45, 2.75) is 13.5 Å². The first-order chi connectivity index (χ1) is 15.0. The van der Waals surface area contributed by atoms with Gasteiger partial charge in [-0.1, -0.05) is 35.9 Å². The second-order valence-corrected chi connectivity index (χ2v) is 7.03. The molecule has 1 aliphatic heterocycles. The van der Waals surface area contributed by atoms with Crippen LogP contribution in [0.2, 0.25) is 0 Å². The Labute approximate surface area is 179 Å². The summed E-state index contributed by atoms with van der Waals surface area (Å²) < 4.78 is 29.7. The normalized spacial score (nSPS) is 14.4. The topological polar surface area (TPSA) is 57.1 Å². The lowest BCUT2D eigenvalue weighted by Crippen LogP contribution is -2.05. The number of rotatable bonds is 6. The van der Waals surface area contributed by atoms with E-state index < -0.39 is 5.97 Å². The average molecular weight is 417 g/mol. The van der Waals surface area contributed by atoms with Gasteiger partial charge in [-0.3, -0.25) is 0 Å². The summed E-state index contributed by atoms with van der Waals surface area (Å²) in [5, 5.41) is 0. The fourth-order valence-electron chi connectivity index (χ4n) is 3.02. The maximum absolute atomic E-state index is 13.1. The van der Waals surface area contributed by atoms with E-state index in [-0.39, 0.29) is 17.4 Å².